The van der Waals surface area contributed by atoms with Crippen molar-refractivity contribution in [2.75, 3.05) is 37.6 Å². The topological polar surface area (TPSA) is 31.4 Å². The Kier molecular flexibility index (Phi) is 6.02. The van der Waals surface area contributed by atoms with Crippen LogP contribution in [0.1, 0.15) is 38.3 Å². The van der Waals surface area contributed by atoms with Gasteiger partial charge in [-0.2, -0.15) is 0 Å². The molecule has 2 heterocycles. The van der Waals surface area contributed by atoms with Crippen LogP contribution in [0.5, 0.6) is 0 Å². The monoisotopic (exact) mass is 310 g/mol. The highest BCUT2D eigenvalue weighted by Crippen LogP contribution is 2.27. The third kappa shape index (κ3) is 4.66. The fourth-order valence-electron chi connectivity index (χ4n) is 2.62. The van der Waals surface area contributed by atoms with Gasteiger partial charge >= 0.3 is 0 Å². The lowest BCUT2D eigenvalue weighted by atomic mass is 10.2. The highest BCUT2D eigenvalue weighted by molar-refractivity contribution is 7.15. The highest BCUT2D eigenvalue weighted by atomic mass is 32.1. The number of piperazine rings is 1. The molecule has 0 amide bonds. The fraction of sp³-hybridized carbons (Fsp3) is 0.812. The molecule has 0 aromatic carbocycles. The molecule has 1 saturated heterocycles. The van der Waals surface area contributed by atoms with E-state index in [-0.39, 0.29) is 0 Å². The minimum absolute atomic E-state index is 0.654. The van der Waals surface area contributed by atoms with Crippen molar-refractivity contribution in [2.24, 2.45) is 5.92 Å². The molecule has 120 valence electrons. The van der Waals surface area contributed by atoms with Gasteiger partial charge < -0.3 is 10.2 Å². The lowest BCUT2D eigenvalue weighted by molar-refractivity contribution is 0.209. The molecule has 21 heavy (non-hydrogen) atoms. The second-order valence-corrected chi connectivity index (χ2v) is 7.71. The van der Waals surface area contributed by atoms with E-state index in [0.717, 1.165) is 39.3 Å². The van der Waals surface area contributed by atoms with Crippen LogP contribution in [0.15, 0.2) is 0 Å². The van der Waals surface area contributed by atoms with E-state index in [1.54, 1.807) is 0 Å². The van der Waals surface area contributed by atoms with E-state index in [2.05, 4.69) is 49.7 Å². The van der Waals surface area contributed by atoms with Gasteiger partial charge in [0.1, 0.15) is 0 Å². The van der Waals surface area contributed by atoms with Gasteiger partial charge in [0.05, 0.1) is 5.69 Å². The summed E-state index contributed by atoms with van der Waals surface area (Å²) in [6.07, 6.45) is 0. The predicted octanol–water partition coefficient (Wildman–Crippen LogP) is 2.73. The molecule has 4 nitrogen and oxygen atoms in total. The molecule has 1 aliphatic rings. The van der Waals surface area contributed by atoms with Gasteiger partial charge in [-0.15, -0.1) is 11.3 Å². The van der Waals surface area contributed by atoms with Crippen molar-refractivity contribution in [3.05, 3.63) is 10.6 Å². The first-order valence-corrected chi connectivity index (χ1v) is 8.95. The lowest BCUT2D eigenvalue weighted by Gasteiger charge is -2.36. The Balaban J connectivity index is 1.90. The Bertz CT molecular complexity index is 433. The summed E-state index contributed by atoms with van der Waals surface area (Å²) in [7, 11) is 0. The van der Waals surface area contributed by atoms with Crippen molar-refractivity contribution in [1.29, 1.82) is 0 Å². The number of hydrogen-bond donors (Lipinski definition) is 1. The molecule has 2 rings (SSSR count). The Labute approximate surface area is 133 Å². The number of nitrogens with one attached hydrogen (secondary N) is 1. The van der Waals surface area contributed by atoms with Crippen LogP contribution in [0.2, 0.25) is 0 Å². The van der Waals surface area contributed by atoms with Crippen LogP contribution in [0.25, 0.3) is 0 Å². The summed E-state index contributed by atoms with van der Waals surface area (Å²) < 4.78 is 0. The van der Waals surface area contributed by atoms with Crippen LogP contribution in [-0.4, -0.2) is 48.6 Å². The van der Waals surface area contributed by atoms with Gasteiger partial charge in [0.15, 0.2) is 5.13 Å². The maximum atomic E-state index is 4.79. The number of thiazole rings is 1. The summed E-state index contributed by atoms with van der Waals surface area (Å²) >= 11 is 1.86. The first-order valence-electron chi connectivity index (χ1n) is 8.13. The highest BCUT2D eigenvalue weighted by Gasteiger charge is 2.21. The molecule has 0 radical (unpaired) electrons. The van der Waals surface area contributed by atoms with Crippen LogP contribution in [0.4, 0.5) is 5.13 Å². The zero-order valence-electron chi connectivity index (χ0n) is 14.1. The molecular weight excluding hydrogens is 280 g/mol. The van der Waals surface area contributed by atoms with E-state index in [0.29, 0.717) is 12.0 Å². The van der Waals surface area contributed by atoms with Crippen molar-refractivity contribution < 1.29 is 0 Å². The van der Waals surface area contributed by atoms with Gasteiger partial charge in [-0.1, -0.05) is 13.8 Å². The third-order valence-corrected chi connectivity index (χ3v) is 5.25. The van der Waals surface area contributed by atoms with E-state index in [4.69, 9.17) is 4.98 Å². The average Bonchev–Trinajstić information content (AvgIpc) is 2.80. The first-order chi connectivity index (χ1) is 9.97. The van der Waals surface area contributed by atoms with Crippen molar-refractivity contribution in [1.82, 2.24) is 15.2 Å². The molecule has 1 fully saturated rings. The van der Waals surface area contributed by atoms with Crippen molar-refractivity contribution in [2.45, 2.75) is 47.2 Å². The molecule has 0 saturated carbocycles. The van der Waals surface area contributed by atoms with E-state index < -0.39 is 0 Å². The zero-order valence-corrected chi connectivity index (χ0v) is 15.0. The van der Waals surface area contributed by atoms with E-state index in [1.165, 1.54) is 15.7 Å². The van der Waals surface area contributed by atoms with Gasteiger partial charge in [-0.25, -0.2) is 4.98 Å². The summed E-state index contributed by atoms with van der Waals surface area (Å²) in [6.45, 7) is 17.7. The molecular formula is C16H30N4S. The summed E-state index contributed by atoms with van der Waals surface area (Å²) in [4.78, 5) is 11.2. The van der Waals surface area contributed by atoms with E-state index in [9.17, 15) is 0 Å². The quantitative estimate of drug-likeness (QED) is 0.875. The number of aromatic nitrogens is 1. The summed E-state index contributed by atoms with van der Waals surface area (Å²) in [6, 6.07) is 0.654. The van der Waals surface area contributed by atoms with Crippen LogP contribution in [-0.2, 0) is 6.54 Å². The second kappa shape index (κ2) is 7.56. The van der Waals surface area contributed by atoms with E-state index >= 15 is 0 Å². The summed E-state index contributed by atoms with van der Waals surface area (Å²) in [5, 5.41) is 4.73. The van der Waals surface area contributed by atoms with Gasteiger partial charge in [-0.05, 0) is 33.2 Å². The maximum Gasteiger partial charge on any atom is 0.185 e. The zero-order chi connectivity index (χ0) is 15.4. The summed E-state index contributed by atoms with van der Waals surface area (Å²) in [5.41, 5.74) is 1.19. The second-order valence-electron chi connectivity index (χ2n) is 6.65. The molecule has 1 aliphatic heterocycles. The fourth-order valence-corrected chi connectivity index (χ4v) is 3.70. The average molecular weight is 311 g/mol. The van der Waals surface area contributed by atoms with Gasteiger partial charge in [0, 0.05) is 43.6 Å². The summed E-state index contributed by atoms with van der Waals surface area (Å²) in [5.74, 6) is 0.696. The molecule has 0 spiro atoms. The predicted molar refractivity (Wildman–Crippen MR) is 92.3 cm³/mol. The maximum absolute atomic E-state index is 4.79. The number of rotatable bonds is 6. The number of anilines is 1. The minimum Gasteiger partial charge on any atom is -0.346 e. The first kappa shape index (κ1) is 16.7. The van der Waals surface area contributed by atoms with E-state index in [1.807, 2.05) is 11.3 Å². The van der Waals surface area contributed by atoms with Gasteiger partial charge in [-0.3, -0.25) is 4.90 Å². The molecule has 5 heteroatoms. The third-order valence-electron chi connectivity index (χ3n) is 4.03. The Morgan fingerprint density at radius 1 is 1.14 bits per heavy atom. The standard InChI is InChI=1S/C16H30N4S/c1-12(2)10-17-11-15-14(5)18-16(21-15)20-8-6-19(7-9-20)13(3)4/h12-13,17H,6-11H2,1-5H3. The van der Waals surface area contributed by atoms with Crippen LogP contribution < -0.4 is 10.2 Å². The minimum atomic E-state index is 0.654. The van der Waals surface area contributed by atoms with Crippen molar-refractivity contribution in [3.63, 3.8) is 0 Å². The molecule has 0 unspecified atom stereocenters. The number of aryl methyl sites for hydroxylation is 1. The van der Waals surface area contributed by atoms with Gasteiger partial charge in [0.25, 0.3) is 0 Å². The smallest absolute Gasteiger partial charge is 0.185 e. The largest absolute Gasteiger partial charge is 0.346 e. The van der Waals surface area contributed by atoms with Crippen LogP contribution in [0, 0.1) is 12.8 Å². The van der Waals surface area contributed by atoms with Crippen molar-refractivity contribution in [3.8, 4) is 0 Å². The normalized spacial score (nSPS) is 17.2. The SMILES string of the molecule is Cc1nc(N2CCN(C(C)C)CC2)sc1CNCC(C)C. The number of nitrogens with zero attached hydrogens (tertiary/aromatic N) is 3. The molecule has 1 aromatic rings. The Hall–Kier alpha value is -0.650. The van der Waals surface area contributed by atoms with Crippen molar-refractivity contribution >= 4 is 16.5 Å². The Morgan fingerprint density at radius 2 is 1.81 bits per heavy atom. The molecule has 1 N–H and O–H groups in total. The molecule has 0 aliphatic carbocycles. The van der Waals surface area contributed by atoms with Gasteiger partial charge in [0.2, 0.25) is 0 Å². The number of hydrogen-bond acceptors (Lipinski definition) is 5. The molecule has 1 aromatic heterocycles. The molecule has 0 atom stereocenters. The molecule has 0 bridgehead atoms. The van der Waals surface area contributed by atoms with Crippen LogP contribution >= 0.6 is 11.3 Å². The lowest BCUT2D eigenvalue weighted by Crippen LogP contribution is -2.48. The van der Waals surface area contributed by atoms with Crippen LogP contribution in [0.3, 0.4) is 0 Å². The Morgan fingerprint density at radius 3 is 2.38 bits per heavy atom.